The van der Waals surface area contributed by atoms with Gasteiger partial charge in [0.2, 0.25) is 0 Å². The zero-order chi connectivity index (χ0) is 7.56. The summed E-state index contributed by atoms with van der Waals surface area (Å²) < 4.78 is 1.01. The van der Waals surface area contributed by atoms with Gasteiger partial charge in [-0.1, -0.05) is 0 Å². The van der Waals surface area contributed by atoms with Crippen LogP contribution in [0.2, 0.25) is 0 Å². The van der Waals surface area contributed by atoms with Crippen molar-refractivity contribution in [3.8, 4) is 0 Å². The molecule has 0 radical (unpaired) electrons. The molecule has 1 heterocycles. The van der Waals surface area contributed by atoms with Crippen LogP contribution in [-0.2, 0) is 0 Å². The van der Waals surface area contributed by atoms with Crippen LogP contribution in [0, 0.1) is 0 Å². The largest absolute Gasteiger partial charge is 0.364 e. The van der Waals surface area contributed by atoms with Crippen LogP contribution in [0.5, 0.6) is 0 Å². The molecule has 0 aliphatic heterocycles. The highest BCUT2D eigenvalue weighted by atomic mass is 32.2. The van der Waals surface area contributed by atoms with Crippen LogP contribution in [-0.4, -0.2) is 17.1 Å². The molecule has 0 aliphatic rings. The Hall–Kier alpha value is -0.550. The van der Waals surface area contributed by atoms with Crippen molar-refractivity contribution in [3.63, 3.8) is 0 Å². The molecule has 2 N–H and O–H groups in total. The molecule has 10 heavy (non-hydrogen) atoms. The summed E-state index contributed by atoms with van der Waals surface area (Å²) in [5.41, 5.74) is 4.98. The number of amides is 1. The number of carbonyl (C=O) groups is 1. The first kappa shape index (κ1) is 7.56. The Bertz CT molecular complexity index is 246. The highest BCUT2D eigenvalue weighted by molar-refractivity contribution is 8.00. The number of primary amides is 1. The van der Waals surface area contributed by atoms with E-state index in [1.807, 2.05) is 6.26 Å². The number of thioether (sulfide) groups is 1. The van der Waals surface area contributed by atoms with Crippen LogP contribution in [0.4, 0.5) is 0 Å². The molecule has 0 bridgehead atoms. The summed E-state index contributed by atoms with van der Waals surface area (Å²) in [6.07, 6.45) is 3.58. The first-order valence-electron chi connectivity index (χ1n) is 2.53. The van der Waals surface area contributed by atoms with Crippen molar-refractivity contribution < 1.29 is 4.79 Å². The lowest BCUT2D eigenvalue weighted by Crippen LogP contribution is -2.09. The standard InChI is InChI=1S/C5H6N2OS2/c1-9-3-2-7-5(10-3)4(6)8/h2H,1H3,(H2,6,8). The highest BCUT2D eigenvalue weighted by Crippen LogP contribution is 2.21. The zero-order valence-electron chi connectivity index (χ0n) is 5.33. The van der Waals surface area contributed by atoms with E-state index in [-0.39, 0.29) is 0 Å². The van der Waals surface area contributed by atoms with Gasteiger partial charge in [-0.15, -0.1) is 23.1 Å². The number of aromatic nitrogens is 1. The number of carbonyl (C=O) groups excluding carboxylic acids is 1. The Kier molecular flexibility index (Phi) is 2.29. The van der Waals surface area contributed by atoms with Crippen molar-refractivity contribution in [2.45, 2.75) is 4.21 Å². The molecule has 0 unspecified atom stereocenters. The summed E-state index contributed by atoms with van der Waals surface area (Å²) in [4.78, 5) is 14.3. The van der Waals surface area contributed by atoms with Crippen molar-refractivity contribution in [1.82, 2.24) is 4.98 Å². The van der Waals surface area contributed by atoms with Crippen molar-refractivity contribution in [2.24, 2.45) is 5.73 Å². The summed E-state index contributed by atoms with van der Waals surface area (Å²) in [7, 11) is 0. The topological polar surface area (TPSA) is 56.0 Å². The number of nitrogens with two attached hydrogens (primary N) is 1. The van der Waals surface area contributed by atoms with E-state index in [0.29, 0.717) is 5.01 Å². The van der Waals surface area contributed by atoms with Gasteiger partial charge in [-0.05, 0) is 6.26 Å². The third-order valence-electron chi connectivity index (χ3n) is 0.896. The fraction of sp³-hybridized carbons (Fsp3) is 0.200. The SMILES string of the molecule is CSc1cnc(C(N)=O)s1. The van der Waals surface area contributed by atoms with E-state index in [1.165, 1.54) is 11.3 Å². The van der Waals surface area contributed by atoms with Crippen LogP contribution in [0.15, 0.2) is 10.4 Å². The first-order valence-corrected chi connectivity index (χ1v) is 4.58. The monoisotopic (exact) mass is 174 g/mol. The maximum Gasteiger partial charge on any atom is 0.277 e. The van der Waals surface area contributed by atoms with Crippen molar-refractivity contribution in [1.29, 1.82) is 0 Å². The average Bonchev–Trinajstić information content (AvgIpc) is 2.34. The van der Waals surface area contributed by atoms with E-state index in [4.69, 9.17) is 5.73 Å². The molecular formula is C5H6N2OS2. The molecule has 0 atom stereocenters. The Morgan fingerprint density at radius 3 is 2.90 bits per heavy atom. The lowest BCUT2D eigenvalue weighted by molar-refractivity contribution is 0.1000. The maximum atomic E-state index is 10.5. The number of rotatable bonds is 2. The van der Waals surface area contributed by atoms with E-state index in [9.17, 15) is 4.79 Å². The van der Waals surface area contributed by atoms with Gasteiger partial charge < -0.3 is 5.73 Å². The van der Waals surface area contributed by atoms with E-state index in [1.54, 1.807) is 18.0 Å². The molecule has 0 aliphatic carbocycles. The van der Waals surface area contributed by atoms with Crippen molar-refractivity contribution in [3.05, 3.63) is 11.2 Å². The second-order valence-electron chi connectivity index (χ2n) is 1.55. The summed E-state index contributed by atoms with van der Waals surface area (Å²) in [6.45, 7) is 0. The Morgan fingerprint density at radius 2 is 2.60 bits per heavy atom. The Labute approximate surface area is 66.6 Å². The molecular weight excluding hydrogens is 168 g/mol. The van der Waals surface area contributed by atoms with Crippen molar-refractivity contribution in [2.75, 3.05) is 6.26 Å². The molecule has 0 aromatic carbocycles. The number of nitrogens with zero attached hydrogens (tertiary/aromatic N) is 1. The summed E-state index contributed by atoms with van der Waals surface area (Å²) in [5.74, 6) is -0.453. The number of thiazole rings is 1. The third-order valence-corrected chi connectivity index (χ3v) is 2.96. The molecule has 3 nitrogen and oxygen atoms in total. The minimum Gasteiger partial charge on any atom is -0.364 e. The van der Waals surface area contributed by atoms with Crippen LogP contribution >= 0.6 is 23.1 Å². The van der Waals surface area contributed by atoms with E-state index < -0.39 is 5.91 Å². The Morgan fingerprint density at radius 1 is 1.90 bits per heavy atom. The minimum atomic E-state index is -0.453. The smallest absolute Gasteiger partial charge is 0.277 e. The second-order valence-corrected chi connectivity index (χ2v) is 3.69. The Balaban J connectivity index is 2.88. The predicted molar refractivity (Wildman–Crippen MR) is 42.4 cm³/mol. The quantitative estimate of drug-likeness (QED) is 0.679. The molecule has 0 fully saturated rings. The fourth-order valence-electron chi connectivity index (χ4n) is 0.468. The normalized spacial score (nSPS) is 9.70. The van der Waals surface area contributed by atoms with Gasteiger partial charge in [0, 0.05) is 0 Å². The van der Waals surface area contributed by atoms with Gasteiger partial charge in [0.05, 0.1) is 10.4 Å². The van der Waals surface area contributed by atoms with Crippen molar-refractivity contribution >= 4 is 29.0 Å². The molecule has 0 saturated carbocycles. The van der Waals surface area contributed by atoms with Gasteiger partial charge in [0.15, 0.2) is 5.01 Å². The molecule has 5 heteroatoms. The minimum absolute atomic E-state index is 0.379. The van der Waals surface area contributed by atoms with Gasteiger partial charge in [0.1, 0.15) is 0 Å². The van der Waals surface area contributed by atoms with E-state index >= 15 is 0 Å². The molecule has 1 rings (SSSR count). The summed E-state index contributed by atoms with van der Waals surface area (Å²) >= 11 is 2.87. The van der Waals surface area contributed by atoms with E-state index in [0.717, 1.165) is 4.21 Å². The summed E-state index contributed by atoms with van der Waals surface area (Å²) in [6, 6.07) is 0. The maximum absolute atomic E-state index is 10.5. The van der Waals surface area contributed by atoms with Crippen LogP contribution < -0.4 is 5.73 Å². The highest BCUT2D eigenvalue weighted by Gasteiger charge is 2.04. The van der Waals surface area contributed by atoms with Gasteiger partial charge in [-0.2, -0.15) is 0 Å². The number of hydrogen-bond acceptors (Lipinski definition) is 4. The first-order chi connectivity index (χ1) is 4.74. The molecule has 54 valence electrons. The van der Waals surface area contributed by atoms with Gasteiger partial charge in [0.25, 0.3) is 5.91 Å². The molecule has 0 spiro atoms. The van der Waals surface area contributed by atoms with E-state index in [2.05, 4.69) is 4.98 Å². The molecule has 1 amide bonds. The predicted octanol–water partition coefficient (Wildman–Crippen LogP) is 0.964. The third kappa shape index (κ3) is 1.48. The van der Waals surface area contributed by atoms with Gasteiger partial charge >= 0.3 is 0 Å². The summed E-state index contributed by atoms with van der Waals surface area (Å²) in [5, 5.41) is 0.379. The lowest BCUT2D eigenvalue weighted by Gasteiger charge is -1.81. The number of hydrogen-bond donors (Lipinski definition) is 1. The zero-order valence-corrected chi connectivity index (χ0v) is 6.96. The molecule has 1 aromatic rings. The van der Waals surface area contributed by atoms with Crippen LogP contribution in [0.3, 0.4) is 0 Å². The van der Waals surface area contributed by atoms with Crippen LogP contribution in [0.1, 0.15) is 9.80 Å². The van der Waals surface area contributed by atoms with Gasteiger partial charge in [-0.3, -0.25) is 4.79 Å². The fourth-order valence-corrected chi connectivity index (χ4v) is 1.70. The van der Waals surface area contributed by atoms with Gasteiger partial charge in [-0.25, -0.2) is 4.98 Å². The average molecular weight is 174 g/mol. The van der Waals surface area contributed by atoms with Crippen LogP contribution in [0.25, 0.3) is 0 Å². The molecule has 1 aromatic heterocycles. The molecule has 0 saturated heterocycles. The second kappa shape index (κ2) is 3.03. The lowest BCUT2D eigenvalue weighted by atomic mass is 10.7.